The standard InChI is InChI=1S/C25H30ClN3O/c1-2-18-6-5-7-21-23(17-28-25(18)21)22(19-8-10-20(26)11-9-19)16-24(30)27-12-15-29-13-3-4-14-29/h5-11,17,22,28H,2-4,12-16H2,1H3,(H,27,30)/t22-/m1/s1. The summed E-state index contributed by atoms with van der Waals surface area (Å²) >= 11 is 6.12. The fourth-order valence-electron chi connectivity index (χ4n) is 4.54. The van der Waals surface area contributed by atoms with E-state index in [0.717, 1.165) is 37.2 Å². The average molecular weight is 424 g/mol. The van der Waals surface area contributed by atoms with Gasteiger partial charge in [0.15, 0.2) is 0 Å². The maximum absolute atomic E-state index is 12.9. The van der Waals surface area contributed by atoms with Gasteiger partial charge >= 0.3 is 0 Å². The van der Waals surface area contributed by atoms with E-state index >= 15 is 0 Å². The normalized spacial score (nSPS) is 15.5. The third kappa shape index (κ3) is 4.71. The third-order valence-electron chi connectivity index (χ3n) is 6.20. The molecule has 1 amide bonds. The largest absolute Gasteiger partial charge is 0.361 e. The van der Waals surface area contributed by atoms with Gasteiger partial charge in [-0.3, -0.25) is 4.79 Å². The minimum absolute atomic E-state index is 0.0186. The molecule has 1 fully saturated rings. The molecule has 2 heterocycles. The van der Waals surface area contributed by atoms with E-state index in [2.05, 4.69) is 46.5 Å². The number of carbonyl (C=O) groups is 1. The van der Waals surface area contributed by atoms with Gasteiger partial charge in [0.1, 0.15) is 0 Å². The van der Waals surface area contributed by atoms with Crippen molar-refractivity contribution in [1.82, 2.24) is 15.2 Å². The summed E-state index contributed by atoms with van der Waals surface area (Å²) in [6.45, 7) is 6.11. The summed E-state index contributed by atoms with van der Waals surface area (Å²) in [5, 5.41) is 5.04. The molecule has 2 aromatic carbocycles. The molecule has 1 aliphatic heterocycles. The van der Waals surface area contributed by atoms with Crippen molar-refractivity contribution in [2.45, 2.75) is 38.5 Å². The Balaban J connectivity index is 1.56. The number of rotatable bonds is 8. The van der Waals surface area contributed by atoms with E-state index < -0.39 is 0 Å². The molecule has 0 spiro atoms. The minimum atomic E-state index is -0.0186. The summed E-state index contributed by atoms with van der Waals surface area (Å²) in [6.07, 6.45) is 6.01. The van der Waals surface area contributed by atoms with Crippen LogP contribution >= 0.6 is 11.6 Å². The number of H-pyrrole nitrogens is 1. The molecule has 30 heavy (non-hydrogen) atoms. The molecule has 4 rings (SSSR count). The first-order valence-corrected chi connectivity index (χ1v) is 11.4. The number of aromatic amines is 1. The van der Waals surface area contributed by atoms with Crippen LogP contribution in [0.2, 0.25) is 5.02 Å². The molecule has 0 radical (unpaired) electrons. The summed E-state index contributed by atoms with van der Waals surface area (Å²) in [5.41, 5.74) is 4.74. The summed E-state index contributed by atoms with van der Waals surface area (Å²) in [7, 11) is 0. The van der Waals surface area contributed by atoms with Gasteiger partial charge in [-0.1, -0.05) is 48.9 Å². The van der Waals surface area contributed by atoms with Gasteiger partial charge in [0.05, 0.1) is 0 Å². The van der Waals surface area contributed by atoms with Crippen molar-refractivity contribution in [1.29, 1.82) is 0 Å². The van der Waals surface area contributed by atoms with Gasteiger partial charge in [-0.2, -0.15) is 0 Å². The number of carbonyl (C=O) groups excluding carboxylic acids is 1. The highest BCUT2D eigenvalue weighted by molar-refractivity contribution is 6.30. The summed E-state index contributed by atoms with van der Waals surface area (Å²) < 4.78 is 0. The van der Waals surface area contributed by atoms with E-state index in [0.29, 0.717) is 18.0 Å². The van der Waals surface area contributed by atoms with Gasteiger partial charge in [-0.05, 0) is 61.2 Å². The molecule has 1 aliphatic rings. The molecule has 158 valence electrons. The SMILES string of the molecule is CCc1cccc2c([C@H](CC(=O)NCCN3CCCC3)c3ccc(Cl)cc3)c[nH]c12. The molecular weight excluding hydrogens is 394 g/mol. The number of para-hydroxylation sites is 1. The number of nitrogens with zero attached hydrogens (tertiary/aromatic N) is 1. The highest BCUT2D eigenvalue weighted by atomic mass is 35.5. The van der Waals surface area contributed by atoms with E-state index in [4.69, 9.17) is 11.6 Å². The smallest absolute Gasteiger partial charge is 0.220 e. The molecule has 4 nitrogen and oxygen atoms in total. The zero-order chi connectivity index (χ0) is 20.9. The lowest BCUT2D eigenvalue weighted by atomic mass is 9.87. The number of hydrogen-bond acceptors (Lipinski definition) is 2. The van der Waals surface area contributed by atoms with Crippen LogP contribution in [0.3, 0.4) is 0 Å². The Hall–Kier alpha value is -2.30. The number of fused-ring (bicyclic) bond motifs is 1. The second-order valence-corrected chi connectivity index (χ2v) is 8.58. The monoisotopic (exact) mass is 423 g/mol. The number of likely N-dealkylation sites (tertiary alicyclic amines) is 1. The first kappa shape index (κ1) is 21.0. The lowest BCUT2D eigenvalue weighted by Gasteiger charge is -2.19. The third-order valence-corrected chi connectivity index (χ3v) is 6.45. The summed E-state index contributed by atoms with van der Waals surface area (Å²) in [6, 6.07) is 14.3. The lowest BCUT2D eigenvalue weighted by molar-refractivity contribution is -0.121. The fourth-order valence-corrected chi connectivity index (χ4v) is 4.67. The molecule has 1 atom stereocenters. The number of amides is 1. The fraction of sp³-hybridized carbons (Fsp3) is 0.400. The molecule has 0 bridgehead atoms. The van der Waals surface area contributed by atoms with E-state index in [1.807, 2.05) is 24.3 Å². The Morgan fingerprint density at radius 2 is 1.93 bits per heavy atom. The first-order chi connectivity index (χ1) is 14.7. The first-order valence-electron chi connectivity index (χ1n) is 11.0. The van der Waals surface area contributed by atoms with Crippen LogP contribution in [0.1, 0.15) is 48.8 Å². The van der Waals surface area contributed by atoms with Crippen LogP contribution in [0.5, 0.6) is 0 Å². The van der Waals surface area contributed by atoms with Crippen molar-refractivity contribution in [2.24, 2.45) is 0 Å². The van der Waals surface area contributed by atoms with E-state index in [9.17, 15) is 4.79 Å². The highest BCUT2D eigenvalue weighted by Gasteiger charge is 2.22. The van der Waals surface area contributed by atoms with E-state index in [-0.39, 0.29) is 11.8 Å². The number of hydrogen-bond donors (Lipinski definition) is 2. The predicted molar refractivity (Wildman–Crippen MR) is 124 cm³/mol. The molecular formula is C25H30ClN3O. The maximum atomic E-state index is 12.9. The molecule has 1 aromatic heterocycles. The van der Waals surface area contributed by atoms with Crippen LogP contribution in [0.4, 0.5) is 0 Å². The van der Waals surface area contributed by atoms with Crippen LogP contribution in [0, 0.1) is 0 Å². The number of aryl methyl sites for hydroxylation is 1. The Morgan fingerprint density at radius 1 is 1.17 bits per heavy atom. The minimum Gasteiger partial charge on any atom is -0.361 e. The molecule has 1 saturated heterocycles. The highest BCUT2D eigenvalue weighted by Crippen LogP contribution is 2.35. The van der Waals surface area contributed by atoms with Gasteiger partial charge in [0, 0.05) is 47.6 Å². The molecule has 0 unspecified atom stereocenters. The zero-order valence-corrected chi connectivity index (χ0v) is 18.3. The van der Waals surface area contributed by atoms with Crippen LogP contribution < -0.4 is 5.32 Å². The lowest BCUT2D eigenvalue weighted by Crippen LogP contribution is -2.34. The Bertz CT molecular complexity index is 989. The van der Waals surface area contributed by atoms with Crippen LogP contribution in [-0.2, 0) is 11.2 Å². The van der Waals surface area contributed by atoms with Gasteiger partial charge in [-0.15, -0.1) is 0 Å². The van der Waals surface area contributed by atoms with Crippen LogP contribution in [0.15, 0.2) is 48.7 Å². The van der Waals surface area contributed by atoms with Crippen LogP contribution in [0.25, 0.3) is 10.9 Å². The summed E-state index contributed by atoms with van der Waals surface area (Å²) in [4.78, 5) is 18.7. The van der Waals surface area contributed by atoms with Gasteiger partial charge < -0.3 is 15.2 Å². The van der Waals surface area contributed by atoms with Crippen molar-refractivity contribution < 1.29 is 4.79 Å². The number of halogens is 1. The van der Waals surface area contributed by atoms with Gasteiger partial charge in [-0.25, -0.2) is 0 Å². The zero-order valence-electron chi connectivity index (χ0n) is 17.6. The molecule has 5 heteroatoms. The topological polar surface area (TPSA) is 48.1 Å². The molecule has 0 saturated carbocycles. The second kappa shape index (κ2) is 9.67. The van der Waals surface area contributed by atoms with Crippen molar-refractivity contribution in [3.63, 3.8) is 0 Å². The van der Waals surface area contributed by atoms with Gasteiger partial charge in [0.25, 0.3) is 0 Å². The van der Waals surface area contributed by atoms with Crippen molar-refractivity contribution in [3.8, 4) is 0 Å². The molecule has 3 aromatic rings. The van der Waals surface area contributed by atoms with Crippen molar-refractivity contribution >= 4 is 28.4 Å². The number of nitrogens with one attached hydrogen (secondary N) is 2. The van der Waals surface area contributed by atoms with Gasteiger partial charge in [0.2, 0.25) is 5.91 Å². The number of aromatic nitrogens is 1. The van der Waals surface area contributed by atoms with Crippen LogP contribution in [-0.4, -0.2) is 42.0 Å². The Kier molecular flexibility index (Phi) is 6.76. The molecule has 0 aliphatic carbocycles. The quantitative estimate of drug-likeness (QED) is 0.528. The van der Waals surface area contributed by atoms with Crippen molar-refractivity contribution in [3.05, 3.63) is 70.4 Å². The summed E-state index contributed by atoms with van der Waals surface area (Å²) in [5.74, 6) is 0.0741. The Morgan fingerprint density at radius 3 is 2.67 bits per heavy atom. The van der Waals surface area contributed by atoms with E-state index in [1.54, 1.807) is 0 Å². The van der Waals surface area contributed by atoms with Crippen molar-refractivity contribution in [2.75, 3.05) is 26.2 Å². The average Bonchev–Trinajstić information content (AvgIpc) is 3.42. The number of benzene rings is 2. The van der Waals surface area contributed by atoms with E-state index in [1.165, 1.54) is 29.3 Å². The predicted octanol–water partition coefficient (Wildman–Crippen LogP) is 5.12. The molecule has 2 N–H and O–H groups in total. The Labute approximate surface area is 183 Å². The second-order valence-electron chi connectivity index (χ2n) is 8.14. The maximum Gasteiger partial charge on any atom is 0.220 e.